The van der Waals surface area contributed by atoms with Gasteiger partial charge in [-0.25, -0.2) is 9.59 Å². The number of imidazole rings is 1. The predicted molar refractivity (Wildman–Crippen MR) is 137 cm³/mol. The van der Waals surface area contributed by atoms with E-state index in [0.717, 1.165) is 55.5 Å². The minimum Gasteiger partial charge on any atom is -0.444 e. The number of nitrogens with zero attached hydrogens (tertiary/aromatic N) is 3. The summed E-state index contributed by atoms with van der Waals surface area (Å²) in [6.45, 7) is 10.1. The lowest BCUT2D eigenvalue weighted by molar-refractivity contribution is -0.126. The van der Waals surface area contributed by atoms with Crippen molar-refractivity contribution in [2.45, 2.75) is 77.5 Å². The summed E-state index contributed by atoms with van der Waals surface area (Å²) in [6.07, 6.45) is 4.21. The first-order valence-corrected chi connectivity index (χ1v) is 12.8. The van der Waals surface area contributed by atoms with Crippen molar-refractivity contribution in [3.63, 3.8) is 0 Å². The third-order valence-electron chi connectivity index (χ3n) is 7.15. The molecule has 1 aromatic carbocycles. The number of carbonyl (C=O) groups excluding carboxylic acids is 2. The van der Waals surface area contributed by atoms with Crippen molar-refractivity contribution in [1.82, 2.24) is 19.8 Å². The maximum Gasteiger partial charge on any atom is 0.407 e. The van der Waals surface area contributed by atoms with E-state index in [9.17, 15) is 14.4 Å². The first kappa shape index (κ1) is 25.1. The zero-order valence-electron chi connectivity index (χ0n) is 21.6. The predicted octanol–water partition coefficient (Wildman–Crippen LogP) is 3.31. The third-order valence-corrected chi connectivity index (χ3v) is 7.15. The molecule has 0 radical (unpaired) electrons. The maximum atomic E-state index is 13.1. The Morgan fingerprint density at radius 3 is 2.49 bits per heavy atom. The van der Waals surface area contributed by atoms with Crippen LogP contribution in [0, 0.1) is 5.92 Å². The van der Waals surface area contributed by atoms with Gasteiger partial charge >= 0.3 is 11.8 Å². The second-order valence-corrected chi connectivity index (χ2v) is 11.0. The zero-order chi connectivity index (χ0) is 25.3. The van der Waals surface area contributed by atoms with E-state index in [1.807, 2.05) is 33.8 Å². The average molecular weight is 486 g/mol. The van der Waals surface area contributed by atoms with Gasteiger partial charge in [0.05, 0.1) is 11.0 Å². The molecule has 2 aliphatic heterocycles. The van der Waals surface area contributed by atoms with Gasteiger partial charge in [-0.2, -0.15) is 0 Å². The lowest BCUT2D eigenvalue weighted by Gasteiger charge is -2.34. The van der Waals surface area contributed by atoms with E-state index in [-0.39, 0.29) is 23.7 Å². The molecule has 0 saturated carbocycles. The Balaban J connectivity index is 1.38. The Kier molecular flexibility index (Phi) is 7.15. The standard InChI is InChI=1S/C26H39N5O4/c1-17-6-8-21(23(32)28-17)31-20-9-7-19(16-22(20)29(5)25(31)34)30-14-11-18(12-15-30)10-13-27-24(33)35-26(2,3)4/h7,9,16-18,21H,6,8,10-15H2,1-5H3,(H,27,33)(H,28,32). The third kappa shape index (κ3) is 5.65. The number of alkyl carbamates (subject to hydrolysis) is 1. The smallest absolute Gasteiger partial charge is 0.407 e. The summed E-state index contributed by atoms with van der Waals surface area (Å²) in [7, 11) is 1.78. The topological polar surface area (TPSA) is 97.6 Å². The highest BCUT2D eigenvalue weighted by Crippen LogP contribution is 2.30. The Bertz CT molecular complexity index is 1140. The number of piperidine rings is 2. The quantitative estimate of drug-likeness (QED) is 0.677. The Morgan fingerprint density at radius 1 is 1.11 bits per heavy atom. The highest BCUT2D eigenvalue weighted by Gasteiger charge is 2.31. The van der Waals surface area contributed by atoms with Crippen molar-refractivity contribution < 1.29 is 14.3 Å². The van der Waals surface area contributed by atoms with Crippen LogP contribution in [0.15, 0.2) is 23.0 Å². The number of amides is 2. The number of hydrogen-bond acceptors (Lipinski definition) is 5. The number of aryl methyl sites for hydroxylation is 1. The molecule has 2 fully saturated rings. The molecule has 2 aliphatic rings. The molecular formula is C26H39N5O4. The fourth-order valence-corrected chi connectivity index (χ4v) is 5.22. The lowest BCUT2D eigenvalue weighted by Crippen LogP contribution is -2.45. The van der Waals surface area contributed by atoms with Gasteiger partial charge in [-0.1, -0.05) is 0 Å². The number of aromatic nitrogens is 2. The van der Waals surface area contributed by atoms with Crippen LogP contribution in [0.4, 0.5) is 10.5 Å². The van der Waals surface area contributed by atoms with Crippen molar-refractivity contribution in [1.29, 1.82) is 0 Å². The van der Waals surface area contributed by atoms with Gasteiger partial charge in [0.2, 0.25) is 5.91 Å². The van der Waals surface area contributed by atoms with Crippen molar-refractivity contribution in [3.8, 4) is 0 Å². The van der Waals surface area contributed by atoms with E-state index < -0.39 is 11.6 Å². The summed E-state index contributed by atoms with van der Waals surface area (Å²) in [5.74, 6) is 0.480. The summed E-state index contributed by atoms with van der Waals surface area (Å²) in [5, 5.41) is 5.84. The summed E-state index contributed by atoms with van der Waals surface area (Å²) >= 11 is 0. The van der Waals surface area contributed by atoms with Crippen LogP contribution in [-0.2, 0) is 16.6 Å². The first-order valence-electron chi connectivity index (χ1n) is 12.8. The molecule has 0 spiro atoms. The minimum atomic E-state index is -0.484. The normalized spacial score (nSPS) is 21.7. The van der Waals surface area contributed by atoms with E-state index in [1.54, 1.807) is 16.2 Å². The number of benzene rings is 1. The van der Waals surface area contributed by atoms with Crippen LogP contribution in [-0.4, -0.2) is 52.4 Å². The first-order chi connectivity index (χ1) is 16.5. The van der Waals surface area contributed by atoms with Crippen molar-refractivity contribution in [2.24, 2.45) is 13.0 Å². The molecule has 192 valence electrons. The summed E-state index contributed by atoms with van der Waals surface area (Å²) < 4.78 is 8.61. The van der Waals surface area contributed by atoms with Gasteiger partial charge in [0.1, 0.15) is 11.6 Å². The van der Waals surface area contributed by atoms with Crippen molar-refractivity contribution in [3.05, 3.63) is 28.7 Å². The van der Waals surface area contributed by atoms with Crippen molar-refractivity contribution in [2.75, 3.05) is 24.5 Å². The molecule has 2 amide bonds. The monoisotopic (exact) mass is 485 g/mol. The number of fused-ring (bicyclic) bond motifs is 1. The van der Waals surface area contributed by atoms with Crippen LogP contribution in [0.5, 0.6) is 0 Å². The minimum absolute atomic E-state index is 0.0781. The number of hydrogen-bond donors (Lipinski definition) is 2. The second kappa shape index (κ2) is 9.95. The SMILES string of the molecule is CC1CCC(n2c(=O)n(C)c3cc(N4CCC(CCNC(=O)OC(C)(C)C)CC4)ccc32)C(=O)N1. The molecule has 35 heavy (non-hydrogen) atoms. The molecular weight excluding hydrogens is 446 g/mol. The summed E-state index contributed by atoms with van der Waals surface area (Å²) in [5.41, 5.74) is 2.12. The lowest BCUT2D eigenvalue weighted by atomic mass is 9.93. The van der Waals surface area contributed by atoms with Crippen molar-refractivity contribution >= 4 is 28.7 Å². The Labute approximate surface area is 206 Å². The van der Waals surface area contributed by atoms with Crippen LogP contribution in [0.2, 0.25) is 0 Å². The zero-order valence-corrected chi connectivity index (χ0v) is 21.6. The molecule has 4 rings (SSSR count). The molecule has 9 heteroatoms. The summed E-state index contributed by atoms with van der Waals surface area (Å²) in [6, 6.07) is 5.80. The number of carbonyl (C=O) groups is 2. The second-order valence-electron chi connectivity index (χ2n) is 11.0. The number of ether oxygens (including phenoxy) is 1. The fraction of sp³-hybridized carbons (Fsp3) is 0.654. The molecule has 2 saturated heterocycles. The van der Waals surface area contributed by atoms with Crippen LogP contribution in [0.3, 0.4) is 0 Å². The highest BCUT2D eigenvalue weighted by atomic mass is 16.6. The van der Waals surface area contributed by atoms with Gasteiger partial charge < -0.3 is 20.3 Å². The molecule has 2 aromatic rings. The summed E-state index contributed by atoms with van der Waals surface area (Å²) in [4.78, 5) is 39.9. The molecule has 3 heterocycles. The van der Waals surface area contributed by atoms with E-state index >= 15 is 0 Å². The van der Waals surface area contributed by atoms with Crippen LogP contribution in [0.1, 0.15) is 65.8 Å². The number of nitrogens with one attached hydrogen (secondary N) is 2. The van der Waals surface area contributed by atoms with Gasteiger partial charge in [-0.05, 0) is 83.9 Å². The Morgan fingerprint density at radius 2 is 1.83 bits per heavy atom. The van der Waals surface area contributed by atoms with Gasteiger partial charge in [0.15, 0.2) is 0 Å². The molecule has 1 aromatic heterocycles. The van der Waals surface area contributed by atoms with E-state index in [4.69, 9.17) is 4.74 Å². The van der Waals surface area contributed by atoms with Crippen LogP contribution in [0.25, 0.3) is 11.0 Å². The molecule has 9 nitrogen and oxygen atoms in total. The van der Waals surface area contributed by atoms with Gasteiger partial charge in [0, 0.05) is 38.4 Å². The van der Waals surface area contributed by atoms with Gasteiger partial charge in [-0.3, -0.25) is 13.9 Å². The van der Waals surface area contributed by atoms with E-state index in [0.29, 0.717) is 18.9 Å². The number of anilines is 1. The van der Waals surface area contributed by atoms with E-state index in [2.05, 4.69) is 27.7 Å². The highest BCUT2D eigenvalue weighted by molar-refractivity contribution is 5.86. The largest absolute Gasteiger partial charge is 0.444 e. The number of rotatable bonds is 5. The molecule has 0 aliphatic carbocycles. The molecule has 2 N–H and O–H groups in total. The molecule has 0 bridgehead atoms. The van der Waals surface area contributed by atoms with E-state index in [1.165, 1.54) is 0 Å². The van der Waals surface area contributed by atoms with Gasteiger partial charge in [0.25, 0.3) is 0 Å². The van der Waals surface area contributed by atoms with Crippen LogP contribution >= 0.6 is 0 Å². The van der Waals surface area contributed by atoms with Gasteiger partial charge in [-0.15, -0.1) is 0 Å². The fourth-order valence-electron chi connectivity index (χ4n) is 5.22. The van der Waals surface area contributed by atoms with Crippen LogP contribution < -0.4 is 21.2 Å². The maximum absolute atomic E-state index is 13.1. The molecule has 2 unspecified atom stereocenters. The molecule has 2 atom stereocenters. The Hall–Kier alpha value is -2.97. The average Bonchev–Trinajstić information content (AvgIpc) is 3.03.